The summed E-state index contributed by atoms with van der Waals surface area (Å²) in [7, 11) is 0. The molecular formula is C11H15N7O. The monoisotopic (exact) mass is 261 g/mol. The van der Waals surface area contributed by atoms with Gasteiger partial charge in [0.05, 0.1) is 0 Å². The molecule has 100 valence electrons. The van der Waals surface area contributed by atoms with E-state index in [1.54, 1.807) is 0 Å². The van der Waals surface area contributed by atoms with Crippen molar-refractivity contribution in [1.29, 1.82) is 0 Å². The van der Waals surface area contributed by atoms with Crippen LogP contribution in [0.4, 0.5) is 5.95 Å². The minimum Gasteiger partial charge on any atom is -0.460 e. The number of hydrogen-bond donors (Lipinski definition) is 1. The fraction of sp³-hybridized carbons (Fsp3) is 0.545. The summed E-state index contributed by atoms with van der Waals surface area (Å²) in [6, 6.07) is 0.334. The molecule has 0 bridgehead atoms. The highest BCUT2D eigenvalue weighted by Gasteiger charge is 2.21. The Labute approximate surface area is 110 Å². The van der Waals surface area contributed by atoms with Crippen LogP contribution in [0, 0.1) is 0 Å². The second-order valence-electron chi connectivity index (χ2n) is 4.28. The fourth-order valence-electron chi connectivity index (χ4n) is 1.69. The van der Waals surface area contributed by atoms with Crippen LogP contribution < -0.4 is 10.1 Å². The van der Waals surface area contributed by atoms with E-state index in [-0.39, 0.29) is 6.10 Å². The maximum atomic E-state index is 5.71. The van der Waals surface area contributed by atoms with E-state index < -0.39 is 0 Å². The third-order valence-corrected chi connectivity index (χ3v) is 2.89. The number of nitrogens with zero attached hydrogens (tertiary/aromatic N) is 6. The van der Waals surface area contributed by atoms with Crippen LogP contribution >= 0.6 is 0 Å². The van der Waals surface area contributed by atoms with E-state index >= 15 is 0 Å². The van der Waals surface area contributed by atoms with Crippen molar-refractivity contribution in [1.82, 2.24) is 29.7 Å². The van der Waals surface area contributed by atoms with Crippen molar-refractivity contribution in [3.63, 3.8) is 0 Å². The molecule has 0 unspecified atom stereocenters. The minimum absolute atomic E-state index is 0.223. The summed E-state index contributed by atoms with van der Waals surface area (Å²) in [5.74, 6) is 0.884. The number of rotatable bonds is 5. The van der Waals surface area contributed by atoms with Gasteiger partial charge in [-0.2, -0.15) is 24.7 Å². The first-order valence-corrected chi connectivity index (χ1v) is 6.37. The summed E-state index contributed by atoms with van der Waals surface area (Å²) in [5.41, 5.74) is 0. The zero-order valence-electron chi connectivity index (χ0n) is 10.7. The van der Waals surface area contributed by atoms with Crippen molar-refractivity contribution in [2.24, 2.45) is 0 Å². The van der Waals surface area contributed by atoms with E-state index in [1.807, 2.05) is 6.92 Å². The van der Waals surface area contributed by atoms with Crippen molar-refractivity contribution in [3.05, 3.63) is 12.7 Å². The van der Waals surface area contributed by atoms with Gasteiger partial charge in [0.2, 0.25) is 5.95 Å². The number of anilines is 1. The lowest BCUT2D eigenvalue weighted by Gasteiger charge is -2.25. The van der Waals surface area contributed by atoms with Gasteiger partial charge in [-0.1, -0.05) is 0 Å². The molecule has 8 nitrogen and oxygen atoms in total. The second kappa shape index (κ2) is 5.17. The predicted octanol–water partition coefficient (Wildman–Crippen LogP) is 0.815. The maximum Gasteiger partial charge on any atom is 0.323 e. The molecule has 1 aliphatic rings. The van der Waals surface area contributed by atoms with E-state index in [2.05, 4.69) is 30.4 Å². The van der Waals surface area contributed by atoms with Gasteiger partial charge in [0.25, 0.3) is 5.95 Å². The zero-order valence-corrected chi connectivity index (χ0v) is 10.7. The van der Waals surface area contributed by atoms with E-state index in [0.717, 1.165) is 19.4 Å². The molecule has 1 fully saturated rings. The van der Waals surface area contributed by atoms with Gasteiger partial charge in [0.15, 0.2) is 0 Å². The second-order valence-corrected chi connectivity index (χ2v) is 4.28. The Hall–Kier alpha value is -2.25. The third-order valence-electron chi connectivity index (χ3n) is 2.89. The molecule has 8 heteroatoms. The van der Waals surface area contributed by atoms with Crippen molar-refractivity contribution < 1.29 is 4.74 Å². The smallest absolute Gasteiger partial charge is 0.323 e. The number of hydrogen-bond acceptors (Lipinski definition) is 7. The lowest BCUT2D eigenvalue weighted by molar-refractivity contribution is 0.108. The van der Waals surface area contributed by atoms with Crippen LogP contribution in [0.25, 0.3) is 5.95 Å². The zero-order chi connectivity index (χ0) is 13.1. The summed E-state index contributed by atoms with van der Waals surface area (Å²) in [5, 5.41) is 7.07. The standard InChI is InChI=1S/C11H15N7O/c1-2-13-9-15-10(18-7-12-6-14-18)17-11(16-9)19-8-4-3-5-8/h6-8H,2-5H2,1H3,(H,13,15,16,17). The van der Waals surface area contributed by atoms with Crippen LogP contribution in [0.2, 0.25) is 0 Å². The van der Waals surface area contributed by atoms with E-state index in [4.69, 9.17) is 4.74 Å². The lowest BCUT2D eigenvalue weighted by Crippen LogP contribution is -2.26. The molecule has 0 saturated heterocycles. The molecule has 2 aromatic heterocycles. The molecule has 0 amide bonds. The Morgan fingerprint density at radius 1 is 1.37 bits per heavy atom. The molecule has 0 radical (unpaired) electrons. The molecule has 2 heterocycles. The normalized spacial score (nSPS) is 15.0. The van der Waals surface area contributed by atoms with Crippen LogP contribution in [-0.4, -0.2) is 42.4 Å². The molecule has 1 saturated carbocycles. The molecule has 0 aliphatic heterocycles. The van der Waals surface area contributed by atoms with Crippen molar-refractivity contribution in [2.45, 2.75) is 32.3 Å². The van der Waals surface area contributed by atoms with Crippen LogP contribution in [-0.2, 0) is 0 Å². The van der Waals surface area contributed by atoms with Gasteiger partial charge in [-0.05, 0) is 26.2 Å². The van der Waals surface area contributed by atoms with Crippen LogP contribution in [0.5, 0.6) is 6.01 Å². The van der Waals surface area contributed by atoms with Gasteiger partial charge < -0.3 is 10.1 Å². The van der Waals surface area contributed by atoms with E-state index in [1.165, 1.54) is 23.8 Å². The molecule has 1 N–H and O–H groups in total. The average molecular weight is 261 g/mol. The summed E-state index contributed by atoms with van der Waals surface area (Å²) >= 11 is 0. The highest BCUT2D eigenvalue weighted by molar-refractivity contribution is 5.29. The molecule has 19 heavy (non-hydrogen) atoms. The average Bonchev–Trinajstić information content (AvgIpc) is 2.88. The molecule has 1 aliphatic carbocycles. The van der Waals surface area contributed by atoms with Crippen LogP contribution in [0.3, 0.4) is 0 Å². The van der Waals surface area contributed by atoms with Crippen molar-refractivity contribution >= 4 is 5.95 Å². The molecule has 0 aromatic carbocycles. The molecule has 2 aromatic rings. The first-order chi connectivity index (χ1) is 9.35. The maximum absolute atomic E-state index is 5.71. The quantitative estimate of drug-likeness (QED) is 0.851. The molecule has 0 atom stereocenters. The third kappa shape index (κ3) is 2.61. The lowest BCUT2D eigenvalue weighted by atomic mass is 9.96. The largest absolute Gasteiger partial charge is 0.460 e. The number of aromatic nitrogens is 6. The summed E-state index contributed by atoms with van der Waals surface area (Å²) in [6.07, 6.45) is 6.51. The predicted molar refractivity (Wildman–Crippen MR) is 67.2 cm³/mol. The highest BCUT2D eigenvalue weighted by Crippen LogP contribution is 2.23. The van der Waals surface area contributed by atoms with Gasteiger partial charge in [-0.15, -0.1) is 0 Å². The molecular weight excluding hydrogens is 246 g/mol. The Bertz CT molecular complexity index is 538. The van der Waals surface area contributed by atoms with Gasteiger partial charge in [-0.25, -0.2) is 4.98 Å². The van der Waals surface area contributed by atoms with Gasteiger partial charge in [-0.3, -0.25) is 0 Å². The van der Waals surface area contributed by atoms with E-state index in [9.17, 15) is 0 Å². The summed E-state index contributed by atoms with van der Waals surface area (Å²) in [6.45, 7) is 2.70. The van der Waals surface area contributed by atoms with E-state index in [0.29, 0.717) is 17.9 Å². The van der Waals surface area contributed by atoms with Gasteiger partial charge >= 0.3 is 6.01 Å². The Kier molecular flexibility index (Phi) is 3.21. The fourth-order valence-corrected chi connectivity index (χ4v) is 1.69. The van der Waals surface area contributed by atoms with Gasteiger partial charge in [0, 0.05) is 6.54 Å². The minimum atomic E-state index is 0.223. The Balaban J connectivity index is 1.89. The Morgan fingerprint density at radius 2 is 2.26 bits per heavy atom. The number of nitrogens with one attached hydrogen (secondary N) is 1. The topological polar surface area (TPSA) is 90.6 Å². The summed E-state index contributed by atoms with van der Waals surface area (Å²) < 4.78 is 7.19. The number of ether oxygens (including phenoxy) is 1. The summed E-state index contributed by atoms with van der Waals surface area (Å²) in [4.78, 5) is 16.6. The van der Waals surface area contributed by atoms with Crippen LogP contribution in [0.15, 0.2) is 12.7 Å². The van der Waals surface area contributed by atoms with Crippen molar-refractivity contribution in [3.8, 4) is 12.0 Å². The molecule has 0 spiro atoms. The highest BCUT2D eigenvalue weighted by atomic mass is 16.5. The van der Waals surface area contributed by atoms with Gasteiger partial charge in [0.1, 0.15) is 18.8 Å². The first kappa shape index (κ1) is 11.8. The van der Waals surface area contributed by atoms with Crippen LogP contribution in [0.1, 0.15) is 26.2 Å². The SMILES string of the molecule is CCNc1nc(OC2CCC2)nc(-n2cncn2)n1. The first-order valence-electron chi connectivity index (χ1n) is 6.37. The Morgan fingerprint density at radius 3 is 2.89 bits per heavy atom. The molecule has 3 rings (SSSR count). The van der Waals surface area contributed by atoms with Crippen molar-refractivity contribution in [2.75, 3.05) is 11.9 Å².